The van der Waals surface area contributed by atoms with Gasteiger partial charge >= 0.3 is 0 Å². The first-order valence-corrected chi connectivity index (χ1v) is 5.64. The van der Waals surface area contributed by atoms with Crippen LogP contribution in [0.2, 0.25) is 0 Å². The normalized spacial score (nSPS) is 10.4. The second-order valence-corrected chi connectivity index (χ2v) is 3.87. The van der Waals surface area contributed by atoms with Crippen LogP contribution in [0, 0.1) is 28.9 Å². The number of halogens is 2. The lowest BCUT2D eigenvalue weighted by atomic mass is 10.1. The lowest BCUT2D eigenvalue weighted by Gasteiger charge is -2.14. The Balaban J connectivity index is 2.82. The number of ether oxygens (including phenoxy) is 1. The molecule has 0 aromatic heterocycles. The van der Waals surface area contributed by atoms with E-state index in [1.807, 2.05) is 13.8 Å². The van der Waals surface area contributed by atoms with E-state index in [0.717, 1.165) is 25.0 Å². The number of nitriles is 1. The van der Waals surface area contributed by atoms with Gasteiger partial charge in [0.25, 0.3) is 0 Å². The maximum atomic E-state index is 13.4. The smallest absolute Gasteiger partial charge is 0.190 e. The van der Waals surface area contributed by atoms with Crippen molar-refractivity contribution in [3.63, 3.8) is 0 Å². The minimum atomic E-state index is -0.826. The number of benzene rings is 1. The highest BCUT2D eigenvalue weighted by Gasteiger charge is 2.14. The van der Waals surface area contributed by atoms with Crippen LogP contribution < -0.4 is 4.74 Å². The van der Waals surface area contributed by atoms with Gasteiger partial charge in [0.15, 0.2) is 17.4 Å². The molecule has 0 aliphatic rings. The van der Waals surface area contributed by atoms with Crippen LogP contribution >= 0.6 is 0 Å². The van der Waals surface area contributed by atoms with E-state index in [-0.39, 0.29) is 18.1 Å². The molecule has 0 radical (unpaired) electrons. The summed E-state index contributed by atoms with van der Waals surface area (Å²) in [5, 5.41) is 8.55. The van der Waals surface area contributed by atoms with Gasteiger partial charge in [-0.15, -0.1) is 0 Å². The van der Waals surface area contributed by atoms with Crippen molar-refractivity contribution >= 4 is 0 Å². The van der Waals surface area contributed by atoms with E-state index in [1.54, 1.807) is 6.07 Å². The van der Waals surface area contributed by atoms with Crippen molar-refractivity contribution in [3.8, 4) is 11.8 Å². The molecule has 1 rings (SSSR count). The summed E-state index contributed by atoms with van der Waals surface area (Å²) < 4.78 is 32.0. The van der Waals surface area contributed by atoms with Gasteiger partial charge in [-0.1, -0.05) is 26.7 Å². The first kappa shape index (κ1) is 13.4. The molecule has 0 amide bonds. The van der Waals surface area contributed by atoms with Gasteiger partial charge in [0, 0.05) is 0 Å². The zero-order valence-electron chi connectivity index (χ0n) is 9.96. The largest absolute Gasteiger partial charge is 0.487 e. The fourth-order valence-electron chi connectivity index (χ4n) is 1.49. The van der Waals surface area contributed by atoms with E-state index in [2.05, 4.69) is 0 Å². The summed E-state index contributed by atoms with van der Waals surface area (Å²) in [4.78, 5) is 0. The Morgan fingerprint density at radius 2 is 1.76 bits per heavy atom. The Labute approximate surface area is 99.8 Å². The van der Waals surface area contributed by atoms with Crippen molar-refractivity contribution in [1.82, 2.24) is 0 Å². The Morgan fingerprint density at radius 3 is 2.18 bits per heavy atom. The summed E-state index contributed by atoms with van der Waals surface area (Å²) in [5.41, 5.74) is -0.0464. The SMILES string of the molecule is CCC(CC)COc1c(F)cc(C#N)cc1F. The van der Waals surface area contributed by atoms with E-state index in [0.29, 0.717) is 0 Å². The molecular formula is C13H15F2NO. The van der Waals surface area contributed by atoms with Crippen molar-refractivity contribution in [2.24, 2.45) is 5.92 Å². The van der Waals surface area contributed by atoms with Crippen LogP contribution in [-0.4, -0.2) is 6.61 Å². The average molecular weight is 239 g/mol. The molecule has 0 aliphatic heterocycles. The topological polar surface area (TPSA) is 33.0 Å². The second kappa shape index (κ2) is 6.19. The highest BCUT2D eigenvalue weighted by molar-refractivity contribution is 5.37. The number of nitrogens with zero attached hydrogens (tertiary/aromatic N) is 1. The van der Waals surface area contributed by atoms with Crippen molar-refractivity contribution in [3.05, 3.63) is 29.3 Å². The third kappa shape index (κ3) is 3.42. The summed E-state index contributed by atoms with van der Waals surface area (Å²) in [5.74, 6) is -1.76. The molecular weight excluding hydrogens is 224 g/mol. The third-order valence-corrected chi connectivity index (χ3v) is 2.75. The number of hydrogen-bond acceptors (Lipinski definition) is 2. The lowest BCUT2D eigenvalue weighted by Crippen LogP contribution is -2.11. The minimum absolute atomic E-state index is 0.0464. The summed E-state index contributed by atoms with van der Waals surface area (Å²) in [6.07, 6.45) is 1.80. The third-order valence-electron chi connectivity index (χ3n) is 2.75. The van der Waals surface area contributed by atoms with E-state index in [9.17, 15) is 8.78 Å². The first-order valence-electron chi connectivity index (χ1n) is 5.64. The van der Waals surface area contributed by atoms with Crippen LogP contribution in [0.25, 0.3) is 0 Å². The molecule has 0 fully saturated rings. The van der Waals surface area contributed by atoms with Crippen molar-refractivity contribution in [2.75, 3.05) is 6.61 Å². The molecule has 0 atom stereocenters. The molecule has 0 bridgehead atoms. The van der Waals surface area contributed by atoms with Gasteiger partial charge in [0.1, 0.15) is 0 Å². The summed E-state index contributed by atoms with van der Waals surface area (Å²) in [6.45, 7) is 4.29. The van der Waals surface area contributed by atoms with Gasteiger partial charge in [-0.3, -0.25) is 0 Å². The summed E-state index contributed by atoms with van der Waals surface area (Å²) in [6, 6.07) is 3.64. The van der Waals surface area contributed by atoms with Gasteiger partial charge < -0.3 is 4.74 Å². The van der Waals surface area contributed by atoms with Gasteiger partial charge in [-0.25, -0.2) is 8.78 Å². The fraction of sp³-hybridized carbons (Fsp3) is 0.462. The van der Waals surface area contributed by atoms with Crippen molar-refractivity contribution in [2.45, 2.75) is 26.7 Å². The standard InChI is InChI=1S/C13H15F2NO/c1-3-9(4-2)8-17-13-11(14)5-10(7-16)6-12(13)15/h5-6,9H,3-4,8H2,1-2H3. The molecule has 0 aliphatic carbocycles. The molecule has 4 heteroatoms. The molecule has 0 saturated heterocycles. The Hall–Kier alpha value is -1.63. The molecule has 0 N–H and O–H groups in total. The Morgan fingerprint density at radius 1 is 1.24 bits per heavy atom. The van der Waals surface area contributed by atoms with E-state index < -0.39 is 17.4 Å². The molecule has 0 spiro atoms. The van der Waals surface area contributed by atoms with Crippen LogP contribution in [0.4, 0.5) is 8.78 Å². The highest BCUT2D eigenvalue weighted by Crippen LogP contribution is 2.24. The Kier molecular flexibility index (Phi) is 4.89. The highest BCUT2D eigenvalue weighted by atomic mass is 19.1. The number of rotatable bonds is 5. The molecule has 0 saturated carbocycles. The van der Waals surface area contributed by atoms with Crippen LogP contribution in [0.1, 0.15) is 32.3 Å². The predicted molar refractivity (Wildman–Crippen MR) is 60.6 cm³/mol. The molecule has 1 aromatic carbocycles. The molecule has 2 nitrogen and oxygen atoms in total. The molecule has 1 aromatic rings. The van der Waals surface area contributed by atoms with E-state index >= 15 is 0 Å². The van der Waals surface area contributed by atoms with Crippen LogP contribution in [-0.2, 0) is 0 Å². The fourth-order valence-corrected chi connectivity index (χ4v) is 1.49. The maximum Gasteiger partial charge on any atom is 0.190 e. The van der Waals surface area contributed by atoms with Crippen molar-refractivity contribution in [1.29, 1.82) is 5.26 Å². The van der Waals surface area contributed by atoms with Gasteiger partial charge in [-0.2, -0.15) is 5.26 Å². The quantitative estimate of drug-likeness (QED) is 0.785. The van der Waals surface area contributed by atoms with Gasteiger partial charge in [-0.05, 0) is 18.1 Å². The zero-order chi connectivity index (χ0) is 12.8. The van der Waals surface area contributed by atoms with Crippen LogP contribution in [0.5, 0.6) is 5.75 Å². The van der Waals surface area contributed by atoms with E-state index in [1.165, 1.54) is 0 Å². The maximum absolute atomic E-state index is 13.4. The average Bonchev–Trinajstić information content (AvgIpc) is 2.32. The molecule has 17 heavy (non-hydrogen) atoms. The predicted octanol–water partition coefficient (Wildman–Crippen LogP) is 3.65. The monoisotopic (exact) mass is 239 g/mol. The minimum Gasteiger partial charge on any atom is -0.487 e. The van der Waals surface area contributed by atoms with Gasteiger partial charge in [0.2, 0.25) is 0 Å². The molecule has 92 valence electrons. The summed E-state index contributed by atoms with van der Waals surface area (Å²) in [7, 11) is 0. The number of hydrogen-bond donors (Lipinski definition) is 0. The molecule has 0 unspecified atom stereocenters. The van der Waals surface area contributed by atoms with E-state index in [4.69, 9.17) is 10.00 Å². The van der Waals surface area contributed by atoms with Gasteiger partial charge in [0.05, 0.1) is 18.2 Å². The zero-order valence-corrected chi connectivity index (χ0v) is 9.96. The lowest BCUT2D eigenvalue weighted by molar-refractivity contribution is 0.222. The summed E-state index contributed by atoms with van der Waals surface area (Å²) >= 11 is 0. The van der Waals surface area contributed by atoms with Crippen LogP contribution in [0.15, 0.2) is 12.1 Å². The van der Waals surface area contributed by atoms with Crippen LogP contribution in [0.3, 0.4) is 0 Å². The van der Waals surface area contributed by atoms with Crippen molar-refractivity contribution < 1.29 is 13.5 Å². The second-order valence-electron chi connectivity index (χ2n) is 3.87. The molecule has 0 heterocycles. The first-order chi connectivity index (χ1) is 8.12. The Bertz CT molecular complexity index is 399.